The van der Waals surface area contributed by atoms with E-state index in [-0.39, 0.29) is 50.6 Å². The van der Waals surface area contributed by atoms with Gasteiger partial charge in [0.05, 0.1) is 13.2 Å². The summed E-state index contributed by atoms with van der Waals surface area (Å²) in [6.45, 7) is 7.06. The first kappa shape index (κ1) is 48.6. The van der Waals surface area contributed by atoms with Gasteiger partial charge in [-0.3, -0.25) is 18.9 Å². The van der Waals surface area contributed by atoms with Crippen LogP contribution in [0.5, 0.6) is 0 Å². The Labute approximate surface area is 307 Å². The number of carbonyl (C=O) groups excluding carboxylic acids is 3. The van der Waals surface area contributed by atoms with Crippen LogP contribution in [0.3, 0.4) is 0 Å². The summed E-state index contributed by atoms with van der Waals surface area (Å²) in [4.78, 5) is 36.2. The van der Waals surface area contributed by atoms with E-state index in [1.54, 1.807) is 0 Å². The molecule has 0 aromatic rings. The zero-order chi connectivity index (χ0) is 37.0. The minimum atomic E-state index is -3.48. The van der Waals surface area contributed by atoms with E-state index in [4.69, 9.17) is 18.5 Å². The van der Waals surface area contributed by atoms with Gasteiger partial charge >= 0.3 is 19.5 Å². The Morgan fingerprint density at radius 3 is 1.32 bits per heavy atom. The summed E-state index contributed by atoms with van der Waals surface area (Å²) in [5.74, 6) is -0.930. The van der Waals surface area contributed by atoms with Crippen molar-refractivity contribution in [1.82, 2.24) is 5.32 Å². The Morgan fingerprint density at radius 2 is 0.920 bits per heavy atom. The van der Waals surface area contributed by atoms with Crippen LogP contribution in [0.4, 0.5) is 0 Å². The Kier molecular flexibility index (Phi) is 34.9. The lowest BCUT2D eigenvalue weighted by Crippen LogP contribution is -2.29. The summed E-state index contributed by atoms with van der Waals surface area (Å²) in [5, 5.41) is 2.57. The average Bonchev–Trinajstić information content (AvgIpc) is 3.08. The fraction of sp³-hybridized carbons (Fsp3) is 0.925. The molecule has 0 fully saturated rings. The summed E-state index contributed by atoms with van der Waals surface area (Å²) in [7, 11) is -3.48. The fourth-order valence-electron chi connectivity index (χ4n) is 5.89. The van der Waals surface area contributed by atoms with E-state index in [1.165, 1.54) is 142 Å². The molecule has 9 nitrogen and oxygen atoms in total. The number of ether oxygens (including phenoxy) is 2. The number of hydrogen-bond acceptors (Lipinski definition) is 8. The van der Waals surface area contributed by atoms with Gasteiger partial charge in [0.25, 0.3) is 0 Å². The Hall–Kier alpha value is -1.44. The zero-order valence-electron chi connectivity index (χ0n) is 32.9. The molecular formula is C40H78NO8P. The molecular weight excluding hydrogens is 653 g/mol. The van der Waals surface area contributed by atoms with Gasteiger partial charge in [-0.2, -0.15) is 0 Å². The third-order valence-electron chi connectivity index (χ3n) is 8.99. The molecule has 0 aromatic heterocycles. The highest BCUT2D eigenvalue weighted by atomic mass is 31.2. The van der Waals surface area contributed by atoms with Gasteiger partial charge < -0.3 is 23.8 Å². The molecule has 0 radical (unpaired) electrons. The number of amides is 1. The second kappa shape index (κ2) is 35.9. The second-order valence-corrected chi connectivity index (χ2v) is 16.2. The predicted molar refractivity (Wildman–Crippen MR) is 206 cm³/mol. The van der Waals surface area contributed by atoms with Gasteiger partial charge in [0.15, 0.2) is 6.10 Å². The Bertz CT molecular complexity index is 855. The van der Waals surface area contributed by atoms with Crippen molar-refractivity contribution in [2.24, 2.45) is 0 Å². The number of rotatable bonds is 38. The van der Waals surface area contributed by atoms with Crippen LogP contribution in [-0.2, 0) is 37.5 Å². The molecule has 0 spiro atoms. The minimum absolute atomic E-state index is 0.0188. The molecule has 1 unspecified atom stereocenters. The lowest BCUT2D eigenvalue weighted by Gasteiger charge is -2.21. The van der Waals surface area contributed by atoms with Gasteiger partial charge in [-0.25, -0.2) is 0 Å². The van der Waals surface area contributed by atoms with Crippen LogP contribution in [0.15, 0.2) is 0 Å². The highest BCUT2D eigenvalue weighted by molar-refractivity contribution is 7.52. The Morgan fingerprint density at radius 1 is 0.540 bits per heavy atom. The molecule has 0 rings (SSSR count). The van der Waals surface area contributed by atoms with E-state index < -0.39 is 13.7 Å². The molecule has 0 aliphatic rings. The van der Waals surface area contributed by atoms with E-state index in [1.807, 2.05) is 0 Å². The van der Waals surface area contributed by atoms with E-state index in [0.29, 0.717) is 6.42 Å². The van der Waals surface area contributed by atoms with Crippen LogP contribution in [-0.4, -0.2) is 57.0 Å². The van der Waals surface area contributed by atoms with Crippen molar-refractivity contribution in [1.29, 1.82) is 0 Å². The third kappa shape index (κ3) is 36.4. The normalized spacial score (nSPS) is 13.1. The smallest absolute Gasteiger partial charge is 0.327 e. The first-order chi connectivity index (χ1) is 24.2. The maximum atomic E-state index is 12.7. The maximum Gasteiger partial charge on any atom is 0.327 e. The van der Waals surface area contributed by atoms with Crippen molar-refractivity contribution in [2.75, 3.05) is 33.0 Å². The topological polar surface area (TPSA) is 117 Å². The lowest BCUT2D eigenvalue weighted by atomic mass is 10.0. The van der Waals surface area contributed by atoms with Crippen LogP contribution in [0.2, 0.25) is 0 Å². The monoisotopic (exact) mass is 732 g/mol. The molecule has 10 heteroatoms. The fourth-order valence-corrected chi connectivity index (χ4v) is 6.82. The van der Waals surface area contributed by atoms with E-state index in [9.17, 15) is 18.9 Å². The zero-order valence-corrected chi connectivity index (χ0v) is 33.8. The molecule has 1 N–H and O–H groups in total. The molecule has 0 heterocycles. The van der Waals surface area contributed by atoms with Crippen LogP contribution < -0.4 is 5.32 Å². The average molecular weight is 732 g/mol. The SMILES string of the molecule is CCCCCCCCCCCCCCCC(=O)OC[C@H](COP(C)(=O)OCCNC(C)=O)OC(=O)CCCCCCCCCCCCCCC. The van der Waals surface area contributed by atoms with Crippen molar-refractivity contribution in [2.45, 2.75) is 207 Å². The van der Waals surface area contributed by atoms with Gasteiger partial charge in [-0.15, -0.1) is 0 Å². The number of unbranched alkanes of at least 4 members (excludes halogenated alkanes) is 24. The summed E-state index contributed by atoms with van der Waals surface area (Å²) >= 11 is 0. The summed E-state index contributed by atoms with van der Waals surface area (Å²) < 4.78 is 34.6. The van der Waals surface area contributed by atoms with Crippen molar-refractivity contribution in [3.8, 4) is 0 Å². The van der Waals surface area contributed by atoms with E-state index in [0.717, 1.165) is 38.5 Å². The van der Waals surface area contributed by atoms with Gasteiger partial charge in [0.2, 0.25) is 5.91 Å². The van der Waals surface area contributed by atoms with E-state index in [2.05, 4.69) is 19.2 Å². The Balaban J connectivity index is 4.34. The molecule has 0 saturated carbocycles. The van der Waals surface area contributed by atoms with Gasteiger partial charge in [-0.1, -0.05) is 168 Å². The van der Waals surface area contributed by atoms with Crippen molar-refractivity contribution in [3.05, 3.63) is 0 Å². The van der Waals surface area contributed by atoms with Gasteiger partial charge in [-0.05, 0) is 12.8 Å². The maximum absolute atomic E-state index is 12.7. The van der Waals surface area contributed by atoms with Crippen molar-refractivity contribution < 1.29 is 37.5 Å². The number of esters is 2. The lowest BCUT2D eigenvalue weighted by molar-refractivity contribution is -0.161. The summed E-state index contributed by atoms with van der Waals surface area (Å²) in [6, 6.07) is 0. The van der Waals surface area contributed by atoms with Crippen LogP contribution >= 0.6 is 7.60 Å². The van der Waals surface area contributed by atoms with Crippen LogP contribution in [0, 0.1) is 0 Å². The highest BCUT2D eigenvalue weighted by Gasteiger charge is 2.24. The molecule has 0 aromatic carbocycles. The standard InChI is InChI=1S/C40H78NO8P/c1-5-7-9-11-13-15-17-19-21-23-25-27-29-31-39(43)46-35-38(36-48-50(4,45)47-34-33-41-37(3)42)49-40(44)32-30-28-26-24-22-20-18-16-14-12-10-8-6-2/h38H,5-36H2,1-4H3,(H,41,42)/t38-,50?/m1/s1. The van der Waals surface area contributed by atoms with Crippen LogP contribution in [0.25, 0.3) is 0 Å². The van der Waals surface area contributed by atoms with Crippen molar-refractivity contribution >= 4 is 25.4 Å². The summed E-state index contributed by atoms with van der Waals surface area (Å²) in [5.41, 5.74) is 0. The first-order valence-electron chi connectivity index (χ1n) is 20.7. The largest absolute Gasteiger partial charge is 0.462 e. The molecule has 50 heavy (non-hydrogen) atoms. The quantitative estimate of drug-likeness (QED) is 0.0379. The predicted octanol–water partition coefficient (Wildman–Crippen LogP) is 11.4. The first-order valence-corrected chi connectivity index (χ1v) is 22.6. The molecule has 2 atom stereocenters. The van der Waals surface area contributed by atoms with Crippen molar-refractivity contribution in [3.63, 3.8) is 0 Å². The number of carbonyl (C=O) groups is 3. The minimum Gasteiger partial charge on any atom is -0.462 e. The molecule has 0 saturated heterocycles. The van der Waals surface area contributed by atoms with Gasteiger partial charge in [0.1, 0.15) is 6.61 Å². The summed E-state index contributed by atoms with van der Waals surface area (Å²) in [6.07, 6.45) is 31.7. The molecule has 1 amide bonds. The van der Waals surface area contributed by atoms with E-state index >= 15 is 0 Å². The van der Waals surface area contributed by atoms with Gasteiger partial charge in [0, 0.05) is 33.0 Å². The molecule has 0 aliphatic carbocycles. The number of nitrogens with one attached hydrogen (secondary N) is 1. The number of hydrogen-bond donors (Lipinski definition) is 1. The second-order valence-electron chi connectivity index (χ2n) is 14.2. The molecule has 0 aliphatic heterocycles. The molecule has 0 bridgehead atoms. The highest BCUT2D eigenvalue weighted by Crippen LogP contribution is 2.43. The molecule has 296 valence electrons. The van der Waals surface area contributed by atoms with Crippen LogP contribution in [0.1, 0.15) is 201 Å². The third-order valence-corrected chi connectivity index (χ3v) is 10.3.